The number of rotatable bonds is 7. The Kier molecular flexibility index (Phi) is 5.26. The highest BCUT2D eigenvalue weighted by molar-refractivity contribution is 6.12. The number of likely N-dealkylation sites (N-methyl/N-ethyl adjacent to an activating group) is 1. The Labute approximate surface area is 143 Å². The summed E-state index contributed by atoms with van der Waals surface area (Å²) in [6.07, 6.45) is 6.18. The van der Waals surface area contributed by atoms with Crippen LogP contribution in [0.15, 0.2) is 41.5 Å². The molecule has 0 amide bonds. The molecule has 0 saturated carbocycles. The number of nitrogens with zero attached hydrogens (tertiary/aromatic N) is 4. The maximum absolute atomic E-state index is 4.60. The fourth-order valence-corrected chi connectivity index (χ4v) is 3.08. The van der Waals surface area contributed by atoms with E-state index in [1.54, 1.807) is 0 Å². The normalized spacial score (nSPS) is 12.2. The first-order valence-corrected chi connectivity index (χ1v) is 8.73. The van der Waals surface area contributed by atoms with Gasteiger partial charge in [-0.3, -0.25) is 9.98 Å². The molecule has 2 heterocycles. The topological polar surface area (TPSA) is 33.4 Å². The highest BCUT2D eigenvalue weighted by Crippen LogP contribution is 2.30. The first kappa shape index (κ1) is 16.7. The van der Waals surface area contributed by atoms with E-state index in [1.807, 2.05) is 12.4 Å². The second-order valence-corrected chi connectivity index (χ2v) is 6.45. The van der Waals surface area contributed by atoms with Crippen LogP contribution in [0.4, 0.5) is 0 Å². The van der Waals surface area contributed by atoms with Crippen molar-refractivity contribution in [2.24, 2.45) is 4.99 Å². The van der Waals surface area contributed by atoms with Gasteiger partial charge in [0.25, 0.3) is 0 Å². The van der Waals surface area contributed by atoms with Gasteiger partial charge in [0.05, 0.1) is 12.1 Å². The number of benzene rings is 1. The lowest BCUT2D eigenvalue weighted by molar-refractivity contribution is 0.421. The van der Waals surface area contributed by atoms with E-state index in [2.05, 4.69) is 70.8 Å². The number of unbranched alkanes of at least 4 members (excludes halogenated alkanes) is 1. The molecule has 0 aliphatic carbocycles. The summed E-state index contributed by atoms with van der Waals surface area (Å²) in [6.45, 7) is 4.99. The molecule has 0 radical (unpaired) electrons. The van der Waals surface area contributed by atoms with Crippen molar-refractivity contribution in [3.63, 3.8) is 0 Å². The minimum absolute atomic E-state index is 0.792. The Morgan fingerprint density at radius 1 is 1.17 bits per heavy atom. The smallest absolute Gasteiger partial charge is 0.105 e. The molecule has 0 aliphatic rings. The van der Waals surface area contributed by atoms with Crippen molar-refractivity contribution in [2.75, 3.05) is 27.2 Å². The number of pyridine rings is 1. The van der Waals surface area contributed by atoms with E-state index in [9.17, 15) is 0 Å². The van der Waals surface area contributed by atoms with Crippen LogP contribution in [0.5, 0.6) is 0 Å². The molecule has 2 aromatic heterocycles. The average Bonchev–Trinajstić information content (AvgIpc) is 2.91. The molecule has 0 atom stereocenters. The molecule has 0 saturated heterocycles. The number of hydrogen-bond acceptors (Lipinski definition) is 3. The summed E-state index contributed by atoms with van der Waals surface area (Å²) >= 11 is 0. The third-order valence-corrected chi connectivity index (χ3v) is 4.33. The van der Waals surface area contributed by atoms with Gasteiger partial charge in [0, 0.05) is 41.8 Å². The Morgan fingerprint density at radius 3 is 2.79 bits per heavy atom. The number of aliphatic imine (C=N–C) groups is 1. The van der Waals surface area contributed by atoms with E-state index in [0.717, 1.165) is 25.3 Å². The van der Waals surface area contributed by atoms with Crippen LogP contribution in [0.1, 0.15) is 25.5 Å². The number of aryl methyl sites for hydroxylation is 1. The van der Waals surface area contributed by atoms with Crippen LogP contribution >= 0.6 is 0 Å². The molecule has 4 nitrogen and oxygen atoms in total. The molecular weight excluding hydrogens is 296 g/mol. The molecule has 0 aliphatic heterocycles. The van der Waals surface area contributed by atoms with Gasteiger partial charge in [0.1, 0.15) is 5.69 Å². The van der Waals surface area contributed by atoms with Gasteiger partial charge < -0.3 is 9.47 Å². The van der Waals surface area contributed by atoms with Crippen molar-refractivity contribution in [1.29, 1.82) is 0 Å². The van der Waals surface area contributed by atoms with Crippen LogP contribution in [-0.4, -0.2) is 47.9 Å². The summed E-state index contributed by atoms with van der Waals surface area (Å²) in [4.78, 5) is 11.3. The Morgan fingerprint density at radius 2 is 2.00 bits per heavy atom. The zero-order valence-electron chi connectivity index (χ0n) is 14.9. The lowest BCUT2D eigenvalue weighted by Crippen LogP contribution is -2.15. The summed E-state index contributed by atoms with van der Waals surface area (Å²) < 4.78 is 2.41. The molecule has 0 bridgehead atoms. The van der Waals surface area contributed by atoms with E-state index in [0.29, 0.717) is 0 Å². The molecular formula is C20H26N4. The van der Waals surface area contributed by atoms with Crippen LogP contribution in [0.3, 0.4) is 0 Å². The first-order chi connectivity index (χ1) is 11.7. The fraction of sp³-hybridized carbons (Fsp3) is 0.400. The Hall–Kier alpha value is -2.20. The van der Waals surface area contributed by atoms with E-state index in [-0.39, 0.29) is 0 Å². The van der Waals surface area contributed by atoms with Gasteiger partial charge in [-0.25, -0.2) is 0 Å². The average molecular weight is 322 g/mol. The molecule has 1 aromatic carbocycles. The van der Waals surface area contributed by atoms with Crippen LogP contribution in [-0.2, 0) is 6.54 Å². The van der Waals surface area contributed by atoms with Gasteiger partial charge in [-0.2, -0.15) is 0 Å². The predicted molar refractivity (Wildman–Crippen MR) is 103 cm³/mol. The lowest BCUT2D eigenvalue weighted by atomic mass is 10.2. The quantitative estimate of drug-likeness (QED) is 0.617. The fourth-order valence-electron chi connectivity index (χ4n) is 3.08. The third-order valence-electron chi connectivity index (χ3n) is 4.33. The number of aromatic nitrogens is 2. The summed E-state index contributed by atoms with van der Waals surface area (Å²) in [5, 5.41) is 2.57. The van der Waals surface area contributed by atoms with Crippen molar-refractivity contribution in [3.8, 4) is 0 Å². The molecule has 0 spiro atoms. The number of fused-ring (bicyclic) bond motifs is 3. The largest absolute Gasteiger partial charge is 0.339 e. The maximum Gasteiger partial charge on any atom is 0.105 e. The number of hydrogen-bond donors (Lipinski definition) is 0. The van der Waals surface area contributed by atoms with Crippen molar-refractivity contribution >= 4 is 28.0 Å². The first-order valence-electron chi connectivity index (χ1n) is 8.73. The summed E-state index contributed by atoms with van der Waals surface area (Å²) in [5.74, 6) is 0. The van der Waals surface area contributed by atoms with Gasteiger partial charge in [-0.05, 0) is 32.6 Å². The minimum Gasteiger partial charge on any atom is -0.339 e. The Bertz CT molecular complexity index is 845. The molecule has 0 N–H and O–H groups in total. The molecule has 24 heavy (non-hydrogen) atoms. The van der Waals surface area contributed by atoms with Crippen molar-refractivity contribution in [1.82, 2.24) is 14.5 Å². The van der Waals surface area contributed by atoms with Gasteiger partial charge in [-0.15, -0.1) is 0 Å². The highest BCUT2D eigenvalue weighted by Gasteiger charge is 2.13. The zero-order valence-corrected chi connectivity index (χ0v) is 14.9. The molecule has 3 aromatic rings. The third kappa shape index (κ3) is 3.34. The van der Waals surface area contributed by atoms with Crippen LogP contribution in [0.2, 0.25) is 0 Å². The predicted octanol–water partition coefficient (Wildman–Crippen LogP) is 3.97. The monoisotopic (exact) mass is 322 g/mol. The molecule has 3 rings (SSSR count). The second-order valence-electron chi connectivity index (χ2n) is 6.45. The van der Waals surface area contributed by atoms with Crippen LogP contribution < -0.4 is 0 Å². The lowest BCUT2D eigenvalue weighted by Gasteiger charge is -2.08. The molecule has 126 valence electrons. The number of para-hydroxylation sites is 1. The molecule has 0 fully saturated rings. The zero-order chi connectivity index (χ0) is 16.9. The SMILES string of the molecule is CCCCn1c2ccccc2c2ccnc(C=NCCN(C)C)c21. The molecule has 4 heteroatoms. The highest BCUT2D eigenvalue weighted by atomic mass is 15.1. The summed E-state index contributed by atoms with van der Waals surface area (Å²) in [5.41, 5.74) is 3.47. The van der Waals surface area contributed by atoms with Crippen LogP contribution in [0, 0.1) is 0 Å². The van der Waals surface area contributed by atoms with E-state index in [1.165, 1.54) is 34.6 Å². The van der Waals surface area contributed by atoms with Crippen LogP contribution in [0.25, 0.3) is 21.8 Å². The van der Waals surface area contributed by atoms with Crippen molar-refractivity contribution in [3.05, 3.63) is 42.2 Å². The van der Waals surface area contributed by atoms with Crippen molar-refractivity contribution in [2.45, 2.75) is 26.3 Å². The second kappa shape index (κ2) is 7.58. The van der Waals surface area contributed by atoms with Gasteiger partial charge in [-0.1, -0.05) is 31.5 Å². The standard InChI is InChI=1S/C20H26N4/c1-4-5-13-24-19-9-7-6-8-16(19)17-10-11-22-18(20(17)24)15-21-12-14-23(2)3/h6-11,15H,4-5,12-14H2,1-3H3. The van der Waals surface area contributed by atoms with Gasteiger partial charge in [0.2, 0.25) is 0 Å². The Balaban J connectivity index is 2.09. The summed E-state index contributed by atoms with van der Waals surface area (Å²) in [6, 6.07) is 10.8. The van der Waals surface area contributed by atoms with Gasteiger partial charge in [0.15, 0.2) is 0 Å². The maximum atomic E-state index is 4.60. The van der Waals surface area contributed by atoms with E-state index in [4.69, 9.17) is 0 Å². The van der Waals surface area contributed by atoms with E-state index < -0.39 is 0 Å². The molecule has 0 unspecified atom stereocenters. The minimum atomic E-state index is 0.792. The summed E-state index contributed by atoms with van der Waals surface area (Å²) in [7, 11) is 4.13. The van der Waals surface area contributed by atoms with E-state index >= 15 is 0 Å². The van der Waals surface area contributed by atoms with Crippen molar-refractivity contribution < 1.29 is 0 Å². The van der Waals surface area contributed by atoms with Gasteiger partial charge >= 0.3 is 0 Å².